The van der Waals surface area contributed by atoms with Gasteiger partial charge in [-0.15, -0.1) is 10.1 Å². The molecule has 0 aliphatic heterocycles. The minimum atomic E-state index is -0.838. The summed E-state index contributed by atoms with van der Waals surface area (Å²) >= 11 is 0. The third kappa shape index (κ3) is 7.55. The van der Waals surface area contributed by atoms with Gasteiger partial charge >= 0.3 is 5.97 Å². The summed E-state index contributed by atoms with van der Waals surface area (Å²) in [6, 6.07) is 13.2. The minimum absolute atomic E-state index is 0.0333. The smallest absolute Gasteiger partial charge is 0.308 e. The predicted octanol–water partition coefficient (Wildman–Crippen LogP) is 3.64. The largest absolute Gasteiger partial charge is 0.426 e. The first kappa shape index (κ1) is 21.6. The van der Waals surface area contributed by atoms with Crippen molar-refractivity contribution < 1.29 is 24.3 Å². The number of ether oxygens (including phenoxy) is 1. The molecule has 0 aliphatic rings. The van der Waals surface area contributed by atoms with Crippen LogP contribution in [-0.4, -0.2) is 23.6 Å². The third-order valence-electron chi connectivity index (χ3n) is 3.18. The molecule has 1 amide bonds. The summed E-state index contributed by atoms with van der Waals surface area (Å²) < 4.78 is 5.02. The zero-order valence-corrected chi connectivity index (χ0v) is 15.4. The van der Waals surface area contributed by atoms with Crippen molar-refractivity contribution in [2.45, 2.75) is 27.2 Å². The van der Waals surface area contributed by atoms with Crippen molar-refractivity contribution in [1.82, 2.24) is 0 Å². The molecule has 2 aromatic carbocycles. The number of anilines is 1. The second-order valence-corrected chi connectivity index (χ2v) is 5.05. The van der Waals surface area contributed by atoms with Crippen molar-refractivity contribution in [2.75, 3.05) is 11.9 Å². The summed E-state index contributed by atoms with van der Waals surface area (Å²) in [6.45, 7) is 5.23. The Morgan fingerprint density at radius 1 is 1.07 bits per heavy atom. The predicted molar refractivity (Wildman–Crippen MR) is 100 cm³/mol. The monoisotopic (exact) mass is 374 g/mol. The van der Waals surface area contributed by atoms with Crippen LogP contribution in [0.25, 0.3) is 0 Å². The lowest BCUT2D eigenvalue weighted by Gasteiger charge is -2.10. The molecule has 0 radical (unpaired) electrons. The normalized spacial score (nSPS) is 9.44. The van der Waals surface area contributed by atoms with Gasteiger partial charge in [-0.1, -0.05) is 38.1 Å². The molecule has 8 heteroatoms. The Morgan fingerprint density at radius 2 is 1.70 bits per heavy atom. The number of nitrogens with one attached hydrogen (secondary N) is 1. The molecule has 144 valence electrons. The van der Waals surface area contributed by atoms with E-state index in [1.807, 2.05) is 13.8 Å². The minimum Gasteiger partial charge on any atom is -0.426 e. The molecule has 0 aromatic heterocycles. The lowest BCUT2D eigenvalue weighted by Crippen LogP contribution is -2.14. The van der Waals surface area contributed by atoms with Crippen molar-refractivity contribution in [3.8, 4) is 5.75 Å². The number of carbonyl (C=O) groups excluding carboxylic acids is 2. The van der Waals surface area contributed by atoms with Gasteiger partial charge in [0.15, 0.2) is 0 Å². The highest BCUT2D eigenvalue weighted by Gasteiger charge is 2.13. The van der Waals surface area contributed by atoms with Gasteiger partial charge in [-0.05, 0) is 36.2 Å². The highest BCUT2D eigenvalue weighted by Crippen LogP contribution is 2.20. The summed E-state index contributed by atoms with van der Waals surface area (Å²) in [5, 5.41) is 12.0. The van der Waals surface area contributed by atoms with E-state index in [9.17, 15) is 19.7 Å². The van der Waals surface area contributed by atoms with E-state index in [2.05, 4.69) is 10.2 Å². The van der Waals surface area contributed by atoms with Crippen LogP contribution in [-0.2, 0) is 16.1 Å². The summed E-state index contributed by atoms with van der Waals surface area (Å²) in [5.74, 6) is -0.746. The molecular formula is C19H22N2O6. The topological polar surface area (TPSA) is 108 Å². The molecule has 27 heavy (non-hydrogen) atoms. The number of hydrogen-bond donors (Lipinski definition) is 1. The third-order valence-corrected chi connectivity index (χ3v) is 3.18. The maximum Gasteiger partial charge on any atom is 0.308 e. The van der Waals surface area contributed by atoms with Crippen LogP contribution in [0.15, 0.2) is 48.5 Å². The fourth-order valence-corrected chi connectivity index (χ4v) is 2.09. The molecule has 0 fully saturated rings. The van der Waals surface area contributed by atoms with E-state index in [0.717, 1.165) is 5.56 Å². The van der Waals surface area contributed by atoms with Crippen LogP contribution < -0.4 is 10.1 Å². The molecule has 0 saturated carbocycles. The van der Waals surface area contributed by atoms with Gasteiger partial charge in [-0.2, -0.15) is 0 Å². The van der Waals surface area contributed by atoms with Crippen LogP contribution in [0.3, 0.4) is 0 Å². The van der Waals surface area contributed by atoms with Gasteiger partial charge in [-0.3, -0.25) is 9.59 Å². The Labute approximate surface area is 157 Å². The van der Waals surface area contributed by atoms with Gasteiger partial charge in [0.1, 0.15) is 12.4 Å². The molecular weight excluding hydrogens is 352 g/mol. The SMILES string of the molecule is CC.CC(=O)Oc1ccccc1C(=O)Nc1ccc(CCO[N+](=O)[O-])cc1. The molecule has 0 aliphatic carbocycles. The summed E-state index contributed by atoms with van der Waals surface area (Å²) in [6.07, 6.45) is 0.379. The average Bonchev–Trinajstić information content (AvgIpc) is 2.64. The maximum absolute atomic E-state index is 12.4. The molecule has 0 unspecified atom stereocenters. The fourth-order valence-electron chi connectivity index (χ4n) is 2.09. The Morgan fingerprint density at radius 3 is 2.30 bits per heavy atom. The molecule has 0 saturated heterocycles. The van der Waals surface area contributed by atoms with E-state index in [-0.39, 0.29) is 17.9 Å². The molecule has 0 bridgehead atoms. The quantitative estimate of drug-likeness (QED) is 0.343. The van der Waals surface area contributed by atoms with Crippen molar-refractivity contribution >= 4 is 17.6 Å². The molecule has 8 nitrogen and oxygen atoms in total. The molecule has 0 atom stereocenters. The zero-order chi connectivity index (χ0) is 20.2. The first-order valence-electron chi connectivity index (χ1n) is 8.41. The summed E-state index contributed by atoms with van der Waals surface area (Å²) in [5.41, 5.74) is 1.61. The maximum atomic E-state index is 12.4. The Bertz CT molecular complexity index is 774. The van der Waals surface area contributed by atoms with Crippen LogP contribution in [0.1, 0.15) is 36.7 Å². The van der Waals surface area contributed by atoms with E-state index in [4.69, 9.17) is 4.74 Å². The van der Waals surface area contributed by atoms with Gasteiger partial charge in [0, 0.05) is 12.6 Å². The van der Waals surface area contributed by atoms with Crippen LogP contribution >= 0.6 is 0 Å². The number of esters is 1. The van der Waals surface area contributed by atoms with Gasteiger partial charge in [0.2, 0.25) is 0 Å². The molecule has 0 heterocycles. The second-order valence-electron chi connectivity index (χ2n) is 5.05. The second kappa shape index (κ2) is 11.2. The molecule has 2 rings (SSSR count). The summed E-state index contributed by atoms with van der Waals surface area (Å²) in [7, 11) is 0. The van der Waals surface area contributed by atoms with Crippen LogP contribution in [0.2, 0.25) is 0 Å². The number of hydrogen-bond acceptors (Lipinski definition) is 6. The number of benzene rings is 2. The number of nitrogens with zero attached hydrogens (tertiary/aromatic N) is 1. The highest BCUT2D eigenvalue weighted by molar-refractivity contribution is 6.06. The zero-order valence-electron chi connectivity index (χ0n) is 15.4. The van der Waals surface area contributed by atoms with Crippen molar-refractivity contribution in [3.05, 3.63) is 69.8 Å². The van der Waals surface area contributed by atoms with Crippen LogP contribution in [0.5, 0.6) is 5.75 Å². The first-order chi connectivity index (χ1) is 13.0. The average molecular weight is 374 g/mol. The van der Waals surface area contributed by atoms with Gasteiger partial charge in [0.05, 0.1) is 5.56 Å². The van der Waals surface area contributed by atoms with E-state index in [1.54, 1.807) is 42.5 Å². The van der Waals surface area contributed by atoms with Gasteiger partial charge in [0.25, 0.3) is 11.0 Å². The van der Waals surface area contributed by atoms with Gasteiger partial charge < -0.3 is 14.9 Å². The van der Waals surface area contributed by atoms with E-state index >= 15 is 0 Å². The molecule has 2 aromatic rings. The van der Waals surface area contributed by atoms with E-state index in [1.165, 1.54) is 13.0 Å². The van der Waals surface area contributed by atoms with Crippen molar-refractivity contribution in [1.29, 1.82) is 0 Å². The molecule has 0 spiro atoms. The Kier molecular flexibility index (Phi) is 9.01. The van der Waals surface area contributed by atoms with E-state index < -0.39 is 17.0 Å². The number of amides is 1. The first-order valence-corrected chi connectivity index (χ1v) is 8.41. The standard InChI is InChI=1S/C17H16N2O6.C2H6/c1-12(20)25-16-5-3-2-4-15(16)17(21)18-14-8-6-13(7-9-14)10-11-24-19(22)23;1-2/h2-9H,10-11H2,1H3,(H,18,21);1-2H3. The van der Waals surface area contributed by atoms with Crippen molar-refractivity contribution in [3.63, 3.8) is 0 Å². The van der Waals surface area contributed by atoms with Crippen molar-refractivity contribution in [2.24, 2.45) is 0 Å². The van der Waals surface area contributed by atoms with Gasteiger partial charge in [-0.25, -0.2) is 0 Å². The Balaban J connectivity index is 0.00000176. The molecule has 1 N–H and O–H groups in total. The lowest BCUT2D eigenvalue weighted by molar-refractivity contribution is -0.757. The van der Waals surface area contributed by atoms with E-state index in [0.29, 0.717) is 12.1 Å². The highest BCUT2D eigenvalue weighted by atomic mass is 16.9. The number of rotatable bonds is 7. The van der Waals surface area contributed by atoms with Crippen LogP contribution in [0.4, 0.5) is 5.69 Å². The number of para-hydroxylation sites is 1. The van der Waals surface area contributed by atoms with Crippen LogP contribution in [0, 0.1) is 10.1 Å². The Hall–Kier alpha value is -3.42. The summed E-state index contributed by atoms with van der Waals surface area (Å²) in [4.78, 5) is 37.8. The number of carbonyl (C=O) groups is 2. The fraction of sp³-hybridized carbons (Fsp3) is 0.263. The lowest BCUT2D eigenvalue weighted by atomic mass is 10.1.